The lowest BCUT2D eigenvalue weighted by Crippen LogP contribution is -2.34. The summed E-state index contributed by atoms with van der Waals surface area (Å²) in [6.07, 6.45) is 1.93. The molecule has 1 aliphatic carbocycles. The van der Waals surface area contributed by atoms with Crippen LogP contribution in [0.4, 0.5) is 10.1 Å². The van der Waals surface area contributed by atoms with E-state index in [0.29, 0.717) is 17.5 Å². The van der Waals surface area contributed by atoms with Crippen LogP contribution in [0.15, 0.2) is 46.9 Å². The van der Waals surface area contributed by atoms with E-state index >= 15 is 0 Å². The number of benzene rings is 2. The summed E-state index contributed by atoms with van der Waals surface area (Å²) in [6, 6.07) is 15.0. The Hall–Kier alpha value is -1.86. The molecule has 2 aromatic carbocycles. The molecule has 0 aliphatic heterocycles. The molecule has 0 atom stereocenters. The number of nitriles is 1. The molecule has 0 amide bonds. The first kappa shape index (κ1) is 14.1. The maximum absolute atomic E-state index is 13.2. The Labute approximate surface area is 131 Å². The van der Waals surface area contributed by atoms with Crippen LogP contribution in [0.1, 0.15) is 29.9 Å². The molecule has 2 aromatic rings. The maximum atomic E-state index is 13.2. The van der Waals surface area contributed by atoms with Gasteiger partial charge in [0.15, 0.2) is 0 Å². The zero-order valence-electron chi connectivity index (χ0n) is 11.3. The fourth-order valence-corrected chi connectivity index (χ4v) is 3.08. The van der Waals surface area contributed by atoms with Crippen LogP contribution < -0.4 is 5.32 Å². The summed E-state index contributed by atoms with van der Waals surface area (Å²) in [5.74, 6) is 0.225. The average molecular weight is 345 g/mol. The van der Waals surface area contributed by atoms with Gasteiger partial charge in [0, 0.05) is 10.5 Å². The van der Waals surface area contributed by atoms with E-state index in [1.54, 1.807) is 12.1 Å². The lowest BCUT2D eigenvalue weighted by Gasteiger charge is -2.37. The molecule has 1 aliphatic rings. The number of anilines is 1. The zero-order valence-corrected chi connectivity index (χ0v) is 12.9. The van der Waals surface area contributed by atoms with E-state index in [2.05, 4.69) is 27.3 Å². The monoisotopic (exact) mass is 344 g/mol. The molecular weight excluding hydrogens is 331 g/mol. The van der Waals surface area contributed by atoms with Crippen LogP contribution in [0.5, 0.6) is 0 Å². The van der Waals surface area contributed by atoms with Gasteiger partial charge in [-0.25, -0.2) is 4.39 Å². The van der Waals surface area contributed by atoms with Crippen LogP contribution in [0, 0.1) is 17.1 Å². The number of nitrogens with zero attached hydrogens (tertiary/aromatic N) is 1. The Morgan fingerprint density at radius 1 is 1.19 bits per heavy atom. The highest BCUT2D eigenvalue weighted by molar-refractivity contribution is 9.10. The topological polar surface area (TPSA) is 35.8 Å². The predicted molar refractivity (Wildman–Crippen MR) is 84.6 cm³/mol. The van der Waals surface area contributed by atoms with Gasteiger partial charge in [0.2, 0.25) is 0 Å². The van der Waals surface area contributed by atoms with Crippen molar-refractivity contribution in [3.8, 4) is 6.07 Å². The summed E-state index contributed by atoms with van der Waals surface area (Å²) in [4.78, 5) is 0. The molecule has 106 valence electrons. The molecule has 0 bridgehead atoms. The van der Waals surface area contributed by atoms with Crippen LogP contribution in [0.25, 0.3) is 0 Å². The first-order valence-corrected chi connectivity index (χ1v) is 7.66. The molecule has 21 heavy (non-hydrogen) atoms. The van der Waals surface area contributed by atoms with Crippen molar-refractivity contribution >= 4 is 21.6 Å². The minimum absolute atomic E-state index is 0.177. The molecule has 0 radical (unpaired) electrons. The molecular formula is C17H14BrFN2. The molecule has 0 aromatic heterocycles. The van der Waals surface area contributed by atoms with E-state index in [-0.39, 0.29) is 5.82 Å². The average Bonchev–Trinajstić information content (AvgIpc) is 2.43. The van der Waals surface area contributed by atoms with Crippen molar-refractivity contribution in [3.63, 3.8) is 0 Å². The fraction of sp³-hybridized carbons (Fsp3) is 0.235. The first-order valence-electron chi connectivity index (χ1n) is 6.87. The van der Waals surface area contributed by atoms with Crippen molar-refractivity contribution in [1.29, 1.82) is 5.26 Å². The molecule has 2 nitrogen and oxygen atoms in total. The molecule has 0 heterocycles. The minimum atomic E-state index is -0.177. The smallest absolute Gasteiger partial charge is 0.123 e. The highest BCUT2D eigenvalue weighted by Gasteiger charge is 2.30. The number of halogens is 2. The van der Waals surface area contributed by atoms with Gasteiger partial charge in [0.1, 0.15) is 11.9 Å². The minimum Gasteiger partial charge on any atom is -0.381 e. The third-order valence-corrected chi connectivity index (χ3v) is 4.41. The van der Waals surface area contributed by atoms with Gasteiger partial charge in [-0.05, 0) is 54.7 Å². The number of hydrogen-bond acceptors (Lipinski definition) is 2. The first-order chi connectivity index (χ1) is 10.2. The van der Waals surface area contributed by atoms with E-state index in [1.807, 2.05) is 24.3 Å². The van der Waals surface area contributed by atoms with E-state index < -0.39 is 0 Å². The van der Waals surface area contributed by atoms with Gasteiger partial charge in [-0.2, -0.15) is 5.26 Å². The largest absolute Gasteiger partial charge is 0.381 e. The molecule has 1 saturated carbocycles. The quantitative estimate of drug-likeness (QED) is 0.866. The Kier molecular flexibility index (Phi) is 3.94. The lowest BCUT2D eigenvalue weighted by atomic mass is 9.75. The molecule has 0 saturated heterocycles. The Morgan fingerprint density at radius 3 is 2.71 bits per heavy atom. The van der Waals surface area contributed by atoms with Gasteiger partial charge in [0.25, 0.3) is 0 Å². The summed E-state index contributed by atoms with van der Waals surface area (Å²) in [6.45, 7) is 0. The van der Waals surface area contributed by atoms with Crippen LogP contribution in [0.2, 0.25) is 0 Å². The predicted octanol–water partition coefficient (Wildman–Crippen LogP) is 4.82. The van der Waals surface area contributed by atoms with Crippen LogP contribution in [-0.4, -0.2) is 6.04 Å². The van der Waals surface area contributed by atoms with Crippen molar-refractivity contribution in [2.45, 2.75) is 24.8 Å². The zero-order chi connectivity index (χ0) is 14.8. The molecule has 0 spiro atoms. The van der Waals surface area contributed by atoms with Gasteiger partial charge in [-0.3, -0.25) is 0 Å². The van der Waals surface area contributed by atoms with Crippen LogP contribution in [-0.2, 0) is 0 Å². The van der Waals surface area contributed by atoms with E-state index in [0.717, 1.165) is 28.6 Å². The third-order valence-electron chi connectivity index (χ3n) is 3.92. The van der Waals surface area contributed by atoms with Crippen molar-refractivity contribution < 1.29 is 4.39 Å². The Bertz CT molecular complexity index is 702. The summed E-state index contributed by atoms with van der Waals surface area (Å²) < 4.78 is 14.1. The van der Waals surface area contributed by atoms with Crippen molar-refractivity contribution in [2.75, 3.05) is 5.32 Å². The van der Waals surface area contributed by atoms with Gasteiger partial charge in [0.05, 0.1) is 11.3 Å². The Balaban J connectivity index is 1.64. The number of nitrogens with one attached hydrogen (secondary N) is 1. The number of rotatable bonds is 3. The fourth-order valence-electron chi connectivity index (χ4n) is 2.72. The van der Waals surface area contributed by atoms with Crippen LogP contribution in [0.3, 0.4) is 0 Å². The van der Waals surface area contributed by atoms with E-state index in [4.69, 9.17) is 5.26 Å². The lowest BCUT2D eigenvalue weighted by molar-refractivity contribution is 0.373. The van der Waals surface area contributed by atoms with Gasteiger partial charge in [-0.15, -0.1) is 0 Å². The van der Waals surface area contributed by atoms with E-state index in [9.17, 15) is 4.39 Å². The second-order valence-electron chi connectivity index (χ2n) is 5.37. The van der Waals surface area contributed by atoms with E-state index in [1.165, 1.54) is 6.07 Å². The normalized spacial score (nSPS) is 20.4. The second-order valence-corrected chi connectivity index (χ2v) is 6.28. The molecule has 0 unspecified atom stereocenters. The molecule has 4 heteroatoms. The second kappa shape index (κ2) is 5.87. The van der Waals surface area contributed by atoms with Crippen molar-refractivity contribution in [2.24, 2.45) is 0 Å². The van der Waals surface area contributed by atoms with Crippen molar-refractivity contribution in [1.82, 2.24) is 0 Å². The van der Waals surface area contributed by atoms with Crippen LogP contribution >= 0.6 is 15.9 Å². The highest BCUT2D eigenvalue weighted by atomic mass is 79.9. The Morgan fingerprint density at radius 2 is 2.00 bits per heavy atom. The third kappa shape index (κ3) is 3.08. The SMILES string of the molecule is N#Cc1cc(Br)ccc1NC1CC(c2cccc(F)c2)C1. The van der Waals surface area contributed by atoms with Gasteiger partial charge < -0.3 is 5.32 Å². The maximum Gasteiger partial charge on any atom is 0.123 e. The number of hydrogen-bond donors (Lipinski definition) is 1. The molecule has 1 N–H and O–H groups in total. The summed E-state index contributed by atoms with van der Waals surface area (Å²) in [5, 5.41) is 12.6. The summed E-state index contributed by atoms with van der Waals surface area (Å²) in [5.41, 5.74) is 2.56. The standard InChI is InChI=1S/C17H14BrFN2/c18-14-4-5-17(13(6-14)10-20)21-16-8-12(9-16)11-2-1-3-15(19)7-11/h1-7,12,16,21H,8-9H2. The van der Waals surface area contributed by atoms with Gasteiger partial charge >= 0.3 is 0 Å². The summed E-state index contributed by atoms with van der Waals surface area (Å²) in [7, 11) is 0. The molecule has 3 rings (SSSR count). The van der Waals surface area contributed by atoms with Crippen molar-refractivity contribution in [3.05, 3.63) is 63.9 Å². The summed E-state index contributed by atoms with van der Waals surface area (Å²) >= 11 is 3.37. The van der Waals surface area contributed by atoms with Gasteiger partial charge in [-0.1, -0.05) is 28.1 Å². The molecule has 1 fully saturated rings. The highest BCUT2D eigenvalue weighted by Crippen LogP contribution is 2.39.